The number of rotatable bonds is 5. The standard InChI is InChI=1S/C19H22FN3O2/c20-17-7-4-8-18(22-17)25-16-10-13-23(14-11-16)19(24)21-12-9-15-5-2-1-3-6-15/h1-8,16H,9-14H2,(H,21,24). The van der Waals surface area contributed by atoms with Crippen LogP contribution in [-0.4, -0.2) is 41.7 Å². The van der Waals surface area contributed by atoms with Gasteiger partial charge in [0, 0.05) is 38.5 Å². The molecule has 2 heterocycles. The van der Waals surface area contributed by atoms with E-state index in [1.807, 2.05) is 18.2 Å². The van der Waals surface area contributed by atoms with Crippen molar-refractivity contribution in [3.05, 3.63) is 60.0 Å². The van der Waals surface area contributed by atoms with Crippen molar-refractivity contribution in [1.29, 1.82) is 0 Å². The van der Waals surface area contributed by atoms with Crippen molar-refractivity contribution in [2.75, 3.05) is 19.6 Å². The molecule has 0 radical (unpaired) electrons. The zero-order chi connectivity index (χ0) is 17.5. The lowest BCUT2D eigenvalue weighted by Crippen LogP contribution is -2.46. The minimum Gasteiger partial charge on any atom is -0.474 e. The highest BCUT2D eigenvalue weighted by atomic mass is 19.1. The predicted octanol–water partition coefficient (Wildman–Crippen LogP) is 3.02. The number of amides is 2. The van der Waals surface area contributed by atoms with Gasteiger partial charge in [0.05, 0.1) is 0 Å². The molecule has 5 nitrogen and oxygen atoms in total. The highest BCUT2D eigenvalue weighted by Gasteiger charge is 2.24. The number of piperidine rings is 1. The van der Waals surface area contributed by atoms with Gasteiger partial charge in [-0.05, 0) is 18.1 Å². The lowest BCUT2D eigenvalue weighted by atomic mass is 10.1. The van der Waals surface area contributed by atoms with Crippen LogP contribution in [-0.2, 0) is 6.42 Å². The van der Waals surface area contributed by atoms with E-state index >= 15 is 0 Å². The van der Waals surface area contributed by atoms with Crippen LogP contribution in [0.3, 0.4) is 0 Å². The van der Waals surface area contributed by atoms with Gasteiger partial charge in [0.15, 0.2) is 0 Å². The number of hydrogen-bond donors (Lipinski definition) is 1. The topological polar surface area (TPSA) is 54.5 Å². The molecule has 2 aromatic rings. The Hall–Kier alpha value is -2.63. The van der Waals surface area contributed by atoms with E-state index in [0.717, 1.165) is 6.42 Å². The Labute approximate surface area is 146 Å². The molecule has 1 N–H and O–H groups in total. The Morgan fingerprint density at radius 2 is 1.92 bits per heavy atom. The van der Waals surface area contributed by atoms with Crippen molar-refractivity contribution in [2.45, 2.75) is 25.4 Å². The smallest absolute Gasteiger partial charge is 0.317 e. The SMILES string of the molecule is O=C(NCCc1ccccc1)N1CCC(Oc2cccc(F)n2)CC1. The van der Waals surface area contributed by atoms with E-state index < -0.39 is 5.95 Å². The molecule has 0 atom stereocenters. The third kappa shape index (κ3) is 5.17. The average Bonchev–Trinajstić information content (AvgIpc) is 2.63. The summed E-state index contributed by atoms with van der Waals surface area (Å²) in [5.41, 5.74) is 1.21. The van der Waals surface area contributed by atoms with Gasteiger partial charge >= 0.3 is 6.03 Å². The molecule has 132 valence electrons. The number of hydrogen-bond acceptors (Lipinski definition) is 3. The van der Waals surface area contributed by atoms with Gasteiger partial charge in [-0.25, -0.2) is 4.79 Å². The highest BCUT2D eigenvalue weighted by molar-refractivity contribution is 5.74. The first-order valence-corrected chi connectivity index (χ1v) is 8.56. The average molecular weight is 343 g/mol. The van der Waals surface area contributed by atoms with Crippen molar-refractivity contribution < 1.29 is 13.9 Å². The first-order valence-electron chi connectivity index (χ1n) is 8.56. The van der Waals surface area contributed by atoms with Crippen molar-refractivity contribution in [2.24, 2.45) is 0 Å². The Bertz CT molecular complexity index is 688. The first-order chi connectivity index (χ1) is 12.2. The first kappa shape index (κ1) is 17.2. The molecule has 25 heavy (non-hydrogen) atoms. The van der Waals surface area contributed by atoms with Crippen LogP contribution in [0.1, 0.15) is 18.4 Å². The summed E-state index contributed by atoms with van der Waals surface area (Å²) in [5.74, 6) is -0.251. The summed E-state index contributed by atoms with van der Waals surface area (Å²) >= 11 is 0. The monoisotopic (exact) mass is 343 g/mol. The Kier molecular flexibility index (Phi) is 5.82. The molecule has 1 saturated heterocycles. The second-order valence-corrected chi connectivity index (χ2v) is 6.07. The number of carbonyl (C=O) groups excluding carboxylic acids is 1. The molecule has 0 aliphatic carbocycles. The molecule has 1 aromatic carbocycles. The van der Waals surface area contributed by atoms with Crippen molar-refractivity contribution in [1.82, 2.24) is 15.2 Å². The molecular weight excluding hydrogens is 321 g/mol. The highest BCUT2D eigenvalue weighted by Crippen LogP contribution is 2.17. The molecule has 6 heteroatoms. The summed E-state index contributed by atoms with van der Waals surface area (Å²) in [4.78, 5) is 17.7. The van der Waals surface area contributed by atoms with Gasteiger partial charge < -0.3 is 15.0 Å². The van der Waals surface area contributed by atoms with Crippen LogP contribution in [0.5, 0.6) is 5.88 Å². The number of nitrogens with zero attached hydrogens (tertiary/aromatic N) is 2. The number of aromatic nitrogens is 1. The fourth-order valence-corrected chi connectivity index (χ4v) is 2.87. The third-order valence-corrected chi connectivity index (χ3v) is 4.24. The maximum absolute atomic E-state index is 13.1. The summed E-state index contributed by atoms with van der Waals surface area (Å²) < 4.78 is 18.8. The number of nitrogens with one attached hydrogen (secondary N) is 1. The summed E-state index contributed by atoms with van der Waals surface area (Å²) in [6.07, 6.45) is 2.20. The number of carbonyl (C=O) groups is 1. The van der Waals surface area contributed by atoms with Gasteiger partial charge in [-0.1, -0.05) is 36.4 Å². The van der Waals surface area contributed by atoms with Gasteiger partial charge in [0.1, 0.15) is 6.10 Å². The number of urea groups is 1. The molecule has 1 aliphatic heterocycles. The second kappa shape index (κ2) is 8.46. The molecule has 0 spiro atoms. The molecule has 0 unspecified atom stereocenters. The zero-order valence-electron chi connectivity index (χ0n) is 14.0. The van der Waals surface area contributed by atoms with Crippen LogP contribution in [0, 0.1) is 5.95 Å². The second-order valence-electron chi connectivity index (χ2n) is 6.07. The lowest BCUT2D eigenvalue weighted by Gasteiger charge is -2.31. The van der Waals surface area contributed by atoms with Gasteiger partial charge in [-0.15, -0.1) is 0 Å². The Morgan fingerprint density at radius 1 is 1.16 bits per heavy atom. The largest absolute Gasteiger partial charge is 0.474 e. The Morgan fingerprint density at radius 3 is 2.64 bits per heavy atom. The van der Waals surface area contributed by atoms with Gasteiger partial charge in [-0.2, -0.15) is 9.37 Å². The van der Waals surface area contributed by atoms with Crippen LogP contribution in [0.4, 0.5) is 9.18 Å². The van der Waals surface area contributed by atoms with Gasteiger partial charge in [-0.3, -0.25) is 0 Å². The van der Waals surface area contributed by atoms with Gasteiger partial charge in [0.25, 0.3) is 0 Å². The van der Waals surface area contributed by atoms with E-state index in [2.05, 4.69) is 22.4 Å². The maximum atomic E-state index is 13.1. The fourth-order valence-electron chi connectivity index (χ4n) is 2.87. The summed E-state index contributed by atoms with van der Waals surface area (Å²) in [6, 6.07) is 14.5. The minimum absolute atomic E-state index is 0.0392. The van der Waals surface area contributed by atoms with Gasteiger partial charge in [0.2, 0.25) is 11.8 Å². The van der Waals surface area contributed by atoms with Crippen molar-refractivity contribution in [3.8, 4) is 5.88 Å². The lowest BCUT2D eigenvalue weighted by molar-refractivity contribution is 0.107. The molecular formula is C19H22FN3O2. The number of benzene rings is 1. The van der Waals surface area contributed by atoms with Crippen LogP contribution < -0.4 is 10.1 Å². The van der Waals surface area contributed by atoms with Crippen LogP contribution >= 0.6 is 0 Å². The van der Waals surface area contributed by atoms with E-state index in [-0.39, 0.29) is 12.1 Å². The predicted molar refractivity (Wildman–Crippen MR) is 93.0 cm³/mol. The van der Waals surface area contributed by atoms with E-state index in [1.54, 1.807) is 17.0 Å². The van der Waals surface area contributed by atoms with Crippen molar-refractivity contribution in [3.63, 3.8) is 0 Å². The van der Waals surface area contributed by atoms with Crippen LogP contribution in [0.15, 0.2) is 48.5 Å². The molecule has 1 aliphatic rings. The number of ether oxygens (including phenoxy) is 1. The molecule has 1 fully saturated rings. The Balaban J connectivity index is 1.38. The molecule has 1 aromatic heterocycles. The van der Waals surface area contributed by atoms with Crippen LogP contribution in [0.25, 0.3) is 0 Å². The summed E-state index contributed by atoms with van der Waals surface area (Å²) in [5, 5.41) is 2.96. The van der Waals surface area contributed by atoms with E-state index in [1.165, 1.54) is 11.6 Å². The number of pyridine rings is 1. The fraction of sp³-hybridized carbons (Fsp3) is 0.368. The third-order valence-electron chi connectivity index (χ3n) is 4.24. The van der Waals surface area contributed by atoms with E-state index in [9.17, 15) is 9.18 Å². The molecule has 3 rings (SSSR count). The van der Waals surface area contributed by atoms with Crippen molar-refractivity contribution >= 4 is 6.03 Å². The zero-order valence-corrected chi connectivity index (χ0v) is 14.0. The maximum Gasteiger partial charge on any atom is 0.317 e. The van der Waals surface area contributed by atoms with E-state index in [4.69, 9.17) is 4.74 Å². The molecule has 0 bridgehead atoms. The normalized spacial score (nSPS) is 15.0. The summed E-state index contributed by atoms with van der Waals surface area (Å²) in [7, 11) is 0. The van der Waals surface area contributed by atoms with Crippen LogP contribution in [0.2, 0.25) is 0 Å². The minimum atomic E-state index is -0.548. The molecule has 0 saturated carbocycles. The molecule has 2 amide bonds. The van der Waals surface area contributed by atoms with E-state index in [0.29, 0.717) is 38.4 Å². The number of halogens is 1. The number of likely N-dealkylation sites (tertiary alicyclic amines) is 1. The quantitative estimate of drug-likeness (QED) is 0.849. The summed E-state index contributed by atoms with van der Waals surface area (Å²) in [6.45, 7) is 1.86.